The third-order valence-corrected chi connectivity index (χ3v) is 4.84. The molecule has 1 heterocycles. The van der Waals surface area contributed by atoms with Gasteiger partial charge in [-0.3, -0.25) is 0 Å². The number of aryl methyl sites for hydroxylation is 1. The number of rotatable bonds is 10. The van der Waals surface area contributed by atoms with Crippen LogP contribution < -0.4 is 15.4 Å². The fourth-order valence-corrected chi connectivity index (χ4v) is 3.26. The number of hydrogen-bond donors (Lipinski definition) is 2. The number of alkyl halides is 3. The van der Waals surface area contributed by atoms with E-state index in [-0.39, 0.29) is 17.9 Å². The molecule has 0 fully saturated rings. The lowest BCUT2D eigenvalue weighted by Crippen LogP contribution is -2.12. The van der Waals surface area contributed by atoms with Gasteiger partial charge in [0.25, 0.3) is 0 Å². The predicted octanol–water partition coefficient (Wildman–Crippen LogP) is 7.50. The SMILES string of the molecule is CCCCCc1ccc(Nc2ncc(C(F)(F)F)c(Nc3cccc(OC(C)C)c3)n2)cc1. The Kier molecular flexibility index (Phi) is 8.14. The summed E-state index contributed by atoms with van der Waals surface area (Å²) in [6.45, 7) is 5.92. The average molecular weight is 459 g/mol. The number of hydrogen-bond acceptors (Lipinski definition) is 5. The van der Waals surface area contributed by atoms with Gasteiger partial charge in [0.05, 0.1) is 6.10 Å². The predicted molar refractivity (Wildman–Crippen MR) is 125 cm³/mol. The monoisotopic (exact) mass is 458 g/mol. The van der Waals surface area contributed by atoms with Gasteiger partial charge < -0.3 is 15.4 Å². The zero-order chi connectivity index (χ0) is 23.8. The number of ether oxygens (including phenoxy) is 1. The minimum Gasteiger partial charge on any atom is -0.491 e. The van der Waals surface area contributed by atoms with E-state index in [2.05, 4.69) is 27.5 Å². The van der Waals surface area contributed by atoms with E-state index < -0.39 is 11.7 Å². The third kappa shape index (κ3) is 7.37. The maximum Gasteiger partial charge on any atom is 0.421 e. The van der Waals surface area contributed by atoms with E-state index in [1.54, 1.807) is 24.3 Å². The molecule has 2 aromatic carbocycles. The maximum atomic E-state index is 13.6. The van der Waals surface area contributed by atoms with Gasteiger partial charge in [-0.1, -0.05) is 38.0 Å². The van der Waals surface area contributed by atoms with E-state index in [1.807, 2.05) is 38.1 Å². The molecule has 0 bridgehead atoms. The van der Waals surface area contributed by atoms with E-state index in [0.717, 1.165) is 25.5 Å². The largest absolute Gasteiger partial charge is 0.491 e. The summed E-state index contributed by atoms with van der Waals surface area (Å²) in [6, 6.07) is 14.5. The summed E-state index contributed by atoms with van der Waals surface area (Å²) in [7, 11) is 0. The maximum absolute atomic E-state index is 13.6. The molecule has 3 aromatic rings. The van der Waals surface area contributed by atoms with Gasteiger partial charge in [0.2, 0.25) is 5.95 Å². The zero-order valence-electron chi connectivity index (χ0n) is 19.0. The number of unbranched alkanes of at least 4 members (excludes halogenated alkanes) is 2. The molecule has 1 aromatic heterocycles. The molecule has 5 nitrogen and oxygen atoms in total. The molecule has 0 spiro atoms. The number of nitrogens with zero attached hydrogens (tertiary/aromatic N) is 2. The van der Waals surface area contributed by atoms with Crippen LogP contribution in [-0.2, 0) is 12.6 Å². The molecule has 0 atom stereocenters. The van der Waals surface area contributed by atoms with E-state index in [1.165, 1.54) is 12.0 Å². The molecule has 0 saturated heterocycles. The summed E-state index contributed by atoms with van der Waals surface area (Å²) < 4.78 is 46.3. The highest BCUT2D eigenvalue weighted by Crippen LogP contribution is 2.35. The normalized spacial score (nSPS) is 11.5. The Balaban J connectivity index is 1.80. The van der Waals surface area contributed by atoms with E-state index in [9.17, 15) is 13.2 Å². The van der Waals surface area contributed by atoms with Crippen LogP contribution in [0.5, 0.6) is 5.75 Å². The van der Waals surface area contributed by atoms with Crippen molar-refractivity contribution in [3.05, 3.63) is 65.9 Å². The molecule has 8 heteroatoms. The summed E-state index contributed by atoms with van der Waals surface area (Å²) in [5, 5.41) is 5.75. The van der Waals surface area contributed by atoms with Crippen molar-refractivity contribution in [1.29, 1.82) is 0 Å². The topological polar surface area (TPSA) is 59.1 Å². The number of anilines is 4. The lowest BCUT2D eigenvalue weighted by Gasteiger charge is -2.16. The molecule has 33 heavy (non-hydrogen) atoms. The Morgan fingerprint density at radius 3 is 2.39 bits per heavy atom. The van der Waals surface area contributed by atoms with Crippen molar-refractivity contribution in [1.82, 2.24) is 9.97 Å². The van der Waals surface area contributed by atoms with Gasteiger partial charge in [0, 0.05) is 23.6 Å². The van der Waals surface area contributed by atoms with Gasteiger partial charge in [-0.15, -0.1) is 0 Å². The Labute approximate surface area is 192 Å². The minimum absolute atomic E-state index is 0.0566. The molecule has 0 saturated carbocycles. The fraction of sp³-hybridized carbons (Fsp3) is 0.360. The first kappa shape index (κ1) is 24.4. The minimum atomic E-state index is -4.60. The van der Waals surface area contributed by atoms with Gasteiger partial charge in [-0.25, -0.2) is 4.98 Å². The Morgan fingerprint density at radius 2 is 1.73 bits per heavy atom. The molecule has 2 N–H and O–H groups in total. The van der Waals surface area contributed by atoms with Crippen LogP contribution in [-0.4, -0.2) is 16.1 Å². The first-order chi connectivity index (χ1) is 15.7. The van der Waals surface area contributed by atoms with Crippen LogP contribution in [0.1, 0.15) is 51.2 Å². The molecule has 176 valence electrons. The van der Waals surface area contributed by atoms with Crippen molar-refractivity contribution in [3.63, 3.8) is 0 Å². The third-order valence-electron chi connectivity index (χ3n) is 4.84. The van der Waals surface area contributed by atoms with Gasteiger partial charge >= 0.3 is 6.18 Å². The van der Waals surface area contributed by atoms with E-state index >= 15 is 0 Å². The smallest absolute Gasteiger partial charge is 0.421 e. The van der Waals surface area contributed by atoms with Crippen LogP contribution in [0.3, 0.4) is 0 Å². The second-order valence-corrected chi connectivity index (χ2v) is 8.05. The number of aromatic nitrogens is 2. The van der Waals surface area contributed by atoms with Crippen molar-refractivity contribution in [2.45, 2.75) is 58.7 Å². The van der Waals surface area contributed by atoms with Crippen LogP contribution in [0.4, 0.5) is 36.3 Å². The molecular formula is C25H29F3N4O. The van der Waals surface area contributed by atoms with E-state index in [0.29, 0.717) is 17.1 Å². The number of nitrogens with one attached hydrogen (secondary N) is 2. The summed E-state index contributed by atoms with van der Waals surface area (Å²) >= 11 is 0. The van der Waals surface area contributed by atoms with Crippen molar-refractivity contribution < 1.29 is 17.9 Å². The van der Waals surface area contributed by atoms with Crippen molar-refractivity contribution >= 4 is 23.1 Å². The quantitative estimate of drug-likeness (QED) is 0.308. The zero-order valence-corrected chi connectivity index (χ0v) is 19.0. The van der Waals surface area contributed by atoms with Gasteiger partial charge in [-0.2, -0.15) is 18.2 Å². The van der Waals surface area contributed by atoms with Gasteiger partial charge in [0.15, 0.2) is 0 Å². The lowest BCUT2D eigenvalue weighted by atomic mass is 10.1. The van der Waals surface area contributed by atoms with Gasteiger partial charge in [-0.05, 0) is 56.5 Å². The number of benzene rings is 2. The summed E-state index contributed by atoms with van der Waals surface area (Å²) in [5.74, 6) is 0.284. The number of halogens is 3. The highest BCUT2D eigenvalue weighted by atomic mass is 19.4. The standard InChI is InChI=1S/C25H29F3N4O/c1-4-5-6-8-18-11-13-19(14-12-18)31-24-29-16-22(25(26,27)28)23(32-24)30-20-9-7-10-21(15-20)33-17(2)3/h7,9-17H,4-6,8H2,1-3H3,(H2,29,30,31,32). The molecular weight excluding hydrogens is 429 g/mol. The van der Waals surface area contributed by atoms with Gasteiger partial charge in [0.1, 0.15) is 17.1 Å². The van der Waals surface area contributed by atoms with Crippen molar-refractivity contribution in [2.24, 2.45) is 0 Å². The summed E-state index contributed by atoms with van der Waals surface area (Å²) in [4.78, 5) is 7.99. The van der Waals surface area contributed by atoms with Crippen molar-refractivity contribution in [3.8, 4) is 5.75 Å². The molecule has 0 amide bonds. The lowest BCUT2D eigenvalue weighted by molar-refractivity contribution is -0.137. The Bertz CT molecular complexity index is 1040. The van der Waals surface area contributed by atoms with Crippen LogP contribution in [0.2, 0.25) is 0 Å². The van der Waals surface area contributed by atoms with E-state index in [4.69, 9.17) is 4.74 Å². The molecule has 0 aliphatic carbocycles. The molecule has 0 unspecified atom stereocenters. The molecule has 3 rings (SSSR count). The Hall–Kier alpha value is -3.29. The summed E-state index contributed by atoms with van der Waals surface area (Å²) in [6.07, 6.45) is 0.595. The molecule has 0 radical (unpaired) electrons. The first-order valence-electron chi connectivity index (χ1n) is 11.1. The summed E-state index contributed by atoms with van der Waals surface area (Å²) in [5.41, 5.74) is 1.40. The van der Waals surface area contributed by atoms with Crippen LogP contribution in [0, 0.1) is 0 Å². The molecule has 0 aliphatic heterocycles. The first-order valence-corrected chi connectivity index (χ1v) is 11.1. The average Bonchev–Trinajstić information content (AvgIpc) is 2.74. The van der Waals surface area contributed by atoms with Crippen molar-refractivity contribution in [2.75, 3.05) is 10.6 Å². The highest BCUT2D eigenvalue weighted by Gasteiger charge is 2.35. The molecule has 0 aliphatic rings. The Morgan fingerprint density at radius 1 is 0.970 bits per heavy atom. The van der Waals surface area contributed by atoms with Crippen LogP contribution in [0.25, 0.3) is 0 Å². The second-order valence-electron chi connectivity index (χ2n) is 8.05. The highest BCUT2D eigenvalue weighted by molar-refractivity contribution is 5.64. The van der Waals surface area contributed by atoms with Crippen LogP contribution in [0.15, 0.2) is 54.7 Å². The fourth-order valence-electron chi connectivity index (χ4n) is 3.26. The van der Waals surface area contributed by atoms with Crippen LogP contribution >= 0.6 is 0 Å². The second kappa shape index (κ2) is 11.0.